The summed E-state index contributed by atoms with van der Waals surface area (Å²) in [5.41, 5.74) is 2.16. The first-order valence-corrected chi connectivity index (χ1v) is 5.57. The monoisotopic (exact) mass is 206 g/mol. The number of hydrogen-bond acceptors (Lipinski definition) is 3. The molecule has 1 N–H and O–H groups in total. The molecule has 2 heterocycles. The van der Waals surface area contributed by atoms with Gasteiger partial charge in [0.05, 0.1) is 11.8 Å². The Morgan fingerprint density at radius 3 is 3.13 bits per heavy atom. The molecule has 3 nitrogen and oxygen atoms in total. The maximum absolute atomic E-state index is 9.55. The number of rotatable bonds is 2. The predicted molar refractivity (Wildman–Crippen MR) is 59.5 cm³/mol. The number of hydrogen-bond donors (Lipinski definition) is 1. The number of pyridine rings is 1. The molecule has 1 aliphatic rings. The molecule has 0 bridgehead atoms. The van der Waals surface area contributed by atoms with Crippen molar-refractivity contribution in [1.82, 2.24) is 9.88 Å². The summed E-state index contributed by atoms with van der Waals surface area (Å²) in [5, 5.41) is 9.55. The van der Waals surface area contributed by atoms with Crippen LogP contribution >= 0.6 is 0 Å². The van der Waals surface area contributed by atoms with Crippen LogP contribution in [0.5, 0.6) is 0 Å². The number of piperidine rings is 1. The number of aryl methyl sites for hydroxylation is 1. The number of nitrogens with zero attached hydrogens (tertiary/aromatic N) is 2. The summed E-state index contributed by atoms with van der Waals surface area (Å²) in [6.07, 6.45) is 1.88. The molecule has 1 saturated heterocycles. The molecule has 1 aromatic heterocycles. The highest BCUT2D eigenvalue weighted by Gasteiger charge is 2.17. The second-order valence-electron chi connectivity index (χ2n) is 4.30. The summed E-state index contributed by atoms with van der Waals surface area (Å²) in [6.45, 7) is 4.73. The third kappa shape index (κ3) is 3.01. The van der Waals surface area contributed by atoms with Crippen molar-refractivity contribution in [3.8, 4) is 0 Å². The molecule has 0 saturated carbocycles. The van der Waals surface area contributed by atoms with Gasteiger partial charge in [-0.3, -0.25) is 9.88 Å². The maximum Gasteiger partial charge on any atom is 0.0667 e. The normalized spacial score (nSPS) is 22.9. The minimum absolute atomic E-state index is 0.149. The highest BCUT2D eigenvalue weighted by molar-refractivity contribution is 5.09. The van der Waals surface area contributed by atoms with Crippen molar-refractivity contribution >= 4 is 0 Å². The lowest BCUT2D eigenvalue weighted by Crippen LogP contribution is -2.37. The van der Waals surface area contributed by atoms with Gasteiger partial charge in [0.2, 0.25) is 0 Å². The molecule has 0 aliphatic carbocycles. The van der Waals surface area contributed by atoms with E-state index in [1.54, 1.807) is 0 Å². The number of aliphatic hydroxyl groups is 1. The Morgan fingerprint density at radius 1 is 1.53 bits per heavy atom. The number of aliphatic hydroxyl groups excluding tert-OH is 1. The van der Waals surface area contributed by atoms with Crippen molar-refractivity contribution in [2.24, 2.45) is 0 Å². The molecular weight excluding hydrogens is 188 g/mol. The molecule has 1 unspecified atom stereocenters. The molecule has 15 heavy (non-hydrogen) atoms. The minimum Gasteiger partial charge on any atom is -0.392 e. The Kier molecular flexibility index (Phi) is 3.34. The van der Waals surface area contributed by atoms with Gasteiger partial charge < -0.3 is 5.11 Å². The Bertz CT molecular complexity index is 327. The Balaban J connectivity index is 1.96. The molecule has 82 valence electrons. The highest BCUT2D eigenvalue weighted by atomic mass is 16.3. The van der Waals surface area contributed by atoms with Gasteiger partial charge in [0.15, 0.2) is 0 Å². The number of aromatic nitrogens is 1. The summed E-state index contributed by atoms with van der Waals surface area (Å²) >= 11 is 0. The van der Waals surface area contributed by atoms with E-state index in [0.717, 1.165) is 43.9 Å². The molecular formula is C12H18N2O. The number of likely N-dealkylation sites (tertiary alicyclic amines) is 1. The van der Waals surface area contributed by atoms with Gasteiger partial charge in [-0.05, 0) is 38.4 Å². The largest absolute Gasteiger partial charge is 0.392 e. The van der Waals surface area contributed by atoms with Crippen molar-refractivity contribution in [2.75, 3.05) is 13.1 Å². The van der Waals surface area contributed by atoms with Crippen LogP contribution in [-0.2, 0) is 6.54 Å². The van der Waals surface area contributed by atoms with E-state index in [-0.39, 0.29) is 6.10 Å². The first kappa shape index (κ1) is 10.6. The maximum atomic E-state index is 9.55. The summed E-state index contributed by atoms with van der Waals surface area (Å²) in [5.74, 6) is 0. The third-order valence-electron chi connectivity index (χ3n) is 2.81. The van der Waals surface area contributed by atoms with Gasteiger partial charge >= 0.3 is 0 Å². The van der Waals surface area contributed by atoms with E-state index in [2.05, 4.69) is 9.88 Å². The van der Waals surface area contributed by atoms with E-state index in [1.165, 1.54) is 0 Å². The van der Waals surface area contributed by atoms with Crippen LogP contribution in [0.25, 0.3) is 0 Å². The standard InChI is InChI=1S/C12H18N2O/c1-10-4-2-5-11(13-10)8-14-7-3-6-12(15)9-14/h2,4-5,12,15H,3,6-9H2,1H3. The first-order valence-electron chi connectivity index (χ1n) is 5.57. The van der Waals surface area contributed by atoms with E-state index < -0.39 is 0 Å². The van der Waals surface area contributed by atoms with Crippen molar-refractivity contribution in [3.63, 3.8) is 0 Å². The van der Waals surface area contributed by atoms with Gasteiger partial charge in [0, 0.05) is 18.8 Å². The van der Waals surface area contributed by atoms with Gasteiger partial charge in [0.1, 0.15) is 0 Å². The van der Waals surface area contributed by atoms with Crippen molar-refractivity contribution < 1.29 is 5.11 Å². The van der Waals surface area contributed by atoms with Gasteiger partial charge in [-0.1, -0.05) is 6.07 Å². The second-order valence-corrected chi connectivity index (χ2v) is 4.30. The molecule has 1 aliphatic heterocycles. The van der Waals surface area contributed by atoms with Crippen LogP contribution in [0.4, 0.5) is 0 Å². The molecule has 2 rings (SSSR count). The van der Waals surface area contributed by atoms with E-state index in [4.69, 9.17) is 0 Å². The lowest BCUT2D eigenvalue weighted by Gasteiger charge is -2.29. The van der Waals surface area contributed by atoms with Gasteiger partial charge in [-0.25, -0.2) is 0 Å². The lowest BCUT2D eigenvalue weighted by molar-refractivity contribution is 0.0662. The quantitative estimate of drug-likeness (QED) is 0.793. The third-order valence-corrected chi connectivity index (χ3v) is 2.81. The van der Waals surface area contributed by atoms with E-state index in [1.807, 2.05) is 25.1 Å². The summed E-state index contributed by atoms with van der Waals surface area (Å²) < 4.78 is 0. The first-order chi connectivity index (χ1) is 7.24. The predicted octanol–water partition coefficient (Wildman–Crippen LogP) is 1.35. The topological polar surface area (TPSA) is 36.4 Å². The van der Waals surface area contributed by atoms with E-state index >= 15 is 0 Å². The molecule has 0 amide bonds. The van der Waals surface area contributed by atoms with Crippen LogP contribution in [0.1, 0.15) is 24.2 Å². The average Bonchev–Trinajstić information content (AvgIpc) is 2.17. The Labute approximate surface area is 90.8 Å². The smallest absolute Gasteiger partial charge is 0.0667 e. The zero-order valence-corrected chi connectivity index (χ0v) is 9.19. The Morgan fingerprint density at radius 2 is 2.40 bits per heavy atom. The zero-order chi connectivity index (χ0) is 10.7. The number of β-amino-alcohol motifs (C(OH)–C–C–N with tert-alkyl or cyclic N) is 1. The van der Waals surface area contributed by atoms with E-state index in [9.17, 15) is 5.11 Å². The Hall–Kier alpha value is -0.930. The lowest BCUT2D eigenvalue weighted by atomic mass is 10.1. The van der Waals surface area contributed by atoms with E-state index in [0.29, 0.717) is 0 Å². The van der Waals surface area contributed by atoms with Gasteiger partial charge in [-0.15, -0.1) is 0 Å². The molecule has 1 fully saturated rings. The fourth-order valence-electron chi connectivity index (χ4n) is 2.09. The fraction of sp³-hybridized carbons (Fsp3) is 0.583. The zero-order valence-electron chi connectivity index (χ0n) is 9.19. The molecule has 0 radical (unpaired) electrons. The van der Waals surface area contributed by atoms with Crippen molar-refractivity contribution in [2.45, 2.75) is 32.4 Å². The van der Waals surface area contributed by atoms with Crippen LogP contribution < -0.4 is 0 Å². The molecule has 1 atom stereocenters. The summed E-state index contributed by atoms with van der Waals surface area (Å²) in [4.78, 5) is 6.74. The van der Waals surface area contributed by atoms with Crippen LogP contribution in [0.2, 0.25) is 0 Å². The molecule has 3 heteroatoms. The van der Waals surface area contributed by atoms with Crippen molar-refractivity contribution in [3.05, 3.63) is 29.6 Å². The van der Waals surface area contributed by atoms with Gasteiger partial charge in [0.25, 0.3) is 0 Å². The van der Waals surface area contributed by atoms with Crippen LogP contribution in [-0.4, -0.2) is 34.2 Å². The summed E-state index contributed by atoms with van der Waals surface area (Å²) in [7, 11) is 0. The van der Waals surface area contributed by atoms with Crippen molar-refractivity contribution in [1.29, 1.82) is 0 Å². The minimum atomic E-state index is -0.149. The highest BCUT2D eigenvalue weighted by Crippen LogP contribution is 2.12. The van der Waals surface area contributed by atoms with Crippen LogP contribution in [0.3, 0.4) is 0 Å². The molecule has 0 spiro atoms. The van der Waals surface area contributed by atoms with Crippen LogP contribution in [0.15, 0.2) is 18.2 Å². The summed E-state index contributed by atoms with van der Waals surface area (Å²) in [6, 6.07) is 6.10. The fourth-order valence-corrected chi connectivity index (χ4v) is 2.09. The second kappa shape index (κ2) is 4.73. The SMILES string of the molecule is Cc1cccc(CN2CCCC(O)C2)n1. The molecule has 0 aromatic carbocycles. The average molecular weight is 206 g/mol. The van der Waals surface area contributed by atoms with Gasteiger partial charge in [-0.2, -0.15) is 0 Å². The van der Waals surface area contributed by atoms with Crippen LogP contribution in [0, 0.1) is 6.92 Å². The molecule has 1 aromatic rings.